The van der Waals surface area contributed by atoms with E-state index in [0.717, 1.165) is 36.0 Å². The fourth-order valence-corrected chi connectivity index (χ4v) is 6.82. The lowest BCUT2D eigenvalue weighted by atomic mass is 9.68. The van der Waals surface area contributed by atoms with Crippen molar-refractivity contribution in [1.29, 1.82) is 0 Å². The molecule has 2 aliphatic rings. The number of carbonyl (C=O) groups excluding carboxylic acids is 1. The van der Waals surface area contributed by atoms with Gasteiger partial charge < -0.3 is 0 Å². The molecule has 2 aliphatic carbocycles. The van der Waals surface area contributed by atoms with Crippen LogP contribution in [0.15, 0.2) is 108 Å². The highest BCUT2D eigenvalue weighted by atomic mass is 16.1. The Morgan fingerprint density at radius 3 is 2.50 bits per heavy atom. The van der Waals surface area contributed by atoms with Gasteiger partial charge in [0.2, 0.25) is 0 Å². The van der Waals surface area contributed by atoms with Crippen molar-refractivity contribution in [3.8, 4) is 0 Å². The van der Waals surface area contributed by atoms with Gasteiger partial charge in [-0.1, -0.05) is 133 Å². The highest BCUT2D eigenvalue weighted by Gasteiger charge is 2.32. The second-order valence-corrected chi connectivity index (χ2v) is 13.3. The first kappa shape index (κ1) is 31.7. The zero-order chi connectivity index (χ0) is 30.1. The van der Waals surface area contributed by atoms with E-state index < -0.39 is 0 Å². The average molecular weight is 561 g/mol. The summed E-state index contributed by atoms with van der Waals surface area (Å²) < 4.78 is 0. The molecule has 0 saturated carbocycles. The fraction of sp³-hybridized carbons (Fsp3) is 0.439. The summed E-state index contributed by atoms with van der Waals surface area (Å²) in [4.78, 5) is 13.1. The van der Waals surface area contributed by atoms with Crippen LogP contribution < -0.4 is 0 Å². The molecule has 0 saturated heterocycles. The first-order chi connectivity index (χ1) is 20.2. The molecule has 4 rings (SSSR count). The van der Waals surface area contributed by atoms with Crippen molar-refractivity contribution in [3.05, 3.63) is 130 Å². The number of hydrogen-bond donors (Lipinski definition) is 0. The molecule has 2 aromatic carbocycles. The maximum atomic E-state index is 13.1. The van der Waals surface area contributed by atoms with Crippen LogP contribution in [-0.4, -0.2) is 5.78 Å². The van der Waals surface area contributed by atoms with Gasteiger partial charge in [0.15, 0.2) is 5.78 Å². The summed E-state index contributed by atoms with van der Waals surface area (Å²) in [5, 5.41) is 0. The van der Waals surface area contributed by atoms with E-state index in [1.54, 1.807) is 6.08 Å². The number of hydrogen-bond acceptors (Lipinski definition) is 1. The van der Waals surface area contributed by atoms with Gasteiger partial charge in [0.1, 0.15) is 0 Å². The summed E-state index contributed by atoms with van der Waals surface area (Å²) in [7, 11) is 0. The summed E-state index contributed by atoms with van der Waals surface area (Å²) in [6, 6.07) is 18.0. The molecule has 0 fully saturated rings. The highest BCUT2D eigenvalue weighted by Crippen LogP contribution is 2.43. The molecular weight excluding hydrogens is 508 g/mol. The zero-order valence-electron chi connectivity index (χ0n) is 26.8. The van der Waals surface area contributed by atoms with Crippen LogP contribution in [0.25, 0.3) is 0 Å². The minimum Gasteiger partial charge on any atom is -0.295 e. The van der Waals surface area contributed by atoms with Crippen molar-refractivity contribution < 1.29 is 4.79 Å². The van der Waals surface area contributed by atoms with Crippen LogP contribution in [-0.2, 0) is 16.6 Å². The Balaban J connectivity index is 1.41. The molecule has 0 amide bonds. The van der Waals surface area contributed by atoms with Crippen molar-refractivity contribution >= 4 is 5.78 Å². The predicted molar refractivity (Wildman–Crippen MR) is 181 cm³/mol. The quantitative estimate of drug-likeness (QED) is 0.176. The lowest BCUT2D eigenvalue weighted by Crippen LogP contribution is -2.27. The van der Waals surface area contributed by atoms with Gasteiger partial charge >= 0.3 is 0 Å². The van der Waals surface area contributed by atoms with Crippen LogP contribution in [0.3, 0.4) is 0 Å². The number of fused-ring (bicyclic) bond motifs is 1. The van der Waals surface area contributed by atoms with E-state index in [0.29, 0.717) is 18.3 Å². The van der Waals surface area contributed by atoms with E-state index in [-0.39, 0.29) is 11.2 Å². The molecule has 222 valence electrons. The van der Waals surface area contributed by atoms with E-state index in [4.69, 9.17) is 0 Å². The lowest BCUT2D eigenvalue weighted by Gasteiger charge is -2.36. The van der Waals surface area contributed by atoms with E-state index >= 15 is 0 Å². The molecule has 42 heavy (non-hydrogen) atoms. The maximum absolute atomic E-state index is 13.1. The molecule has 0 heterocycles. The van der Waals surface area contributed by atoms with Crippen LogP contribution in [0.4, 0.5) is 0 Å². The van der Waals surface area contributed by atoms with Crippen LogP contribution in [0.2, 0.25) is 0 Å². The van der Waals surface area contributed by atoms with Crippen LogP contribution in [0, 0.1) is 0 Å². The number of ketones is 1. The molecular formula is C41H52O. The van der Waals surface area contributed by atoms with Gasteiger partial charge in [0.25, 0.3) is 0 Å². The monoisotopic (exact) mass is 560 g/mol. The summed E-state index contributed by atoms with van der Waals surface area (Å²) >= 11 is 0. The Morgan fingerprint density at radius 1 is 1.00 bits per heavy atom. The van der Waals surface area contributed by atoms with E-state index in [1.165, 1.54) is 66.4 Å². The average Bonchev–Trinajstić information content (AvgIpc) is 3.10. The third-order valence-electron chi connectivity index (χ3n) is 9.51. The number of benzene rings is 2. The molecule has 2 atom stereocenters. The minimum atomic E-state index is 0.180. The summed E-state index contributed by atoms with van der Waals surface area (Å²) in [6.45, 7) is 15.7. The number of rotatable bonds is 13. The second kappa shape index (κ2) is 14.8. The first-order valence-corrected chi connectivity index (χ1v) is 16.4. The van der Waals surface area contributed by atoms with Crippen molar-refractivity contribution in [2.75, 3.05) is 0 Å². The standard InChI is InChI=1S/C41H52O/c1-7-9-10-14-34(13-8-2)35-19-17-32(18-20-35)28-36-22-21-33(30(3)27-31(36)4)23-24-38(42)29-37-25-26-41(5,6)40-16-12-11-15-39(37)40/h11-12,15-24,27,34,37H,4,7-10,13-14,25-26,28-29H2,1-3,5-6H3. The van der Waals surface area contributed by atoms with Crippen molar-refractivity contribution in [2.45, 2.75) is 116 Å². The molecule has 0 aliphatic heterocycles. The fourth-order valence-electron chi connectivity index (χ4n) is 6.82. The maximum Gasteiger partial charge on any atom is 0.156 e. The van der Waals surface area contributed by atoms with Crippen molar-refractivity contribution in [1.82, 2.24) is 0 Å². The molecule has 0 radical (unpaired) electrons. The Morgan fingerprint density at radius 2 is 1.76 bits per heavy atom. The van der Waals surface area contributed by atoms with E-state index in [2.05, 4.69) is 108 Å². The Labute approximate surface area is 256 Å². The molecule has 0 N–H and O–H groups in total. The second-order valence-electron chi connectivity index (χ2n) is 13.3. The van der Waals surface area contributed by atoms with Gasteiger partial charge in [-0.05, 0) is 107 Å². The molecule has 2 unspecified atom stereocenters. The van der Waals surface area contributed by atoms with Crippen LogP contribution in [0.1, 0.15) is 126 Å². The Kier molecular flexibility index (Phi) is 11.2. The third-order valence-corrected chi connectivity index (χ3v) is 9.51. The smallest absolute Gasteiger partial charge is 0.156 e. The topological polar surface area (TPSA) is 17.1 Å². The minimum absolute atomic E-state index is 0.180. The van der Waals surface area contributed by atoms with Crippen LogP contribution >= 0.6 is 0 Å². The van der Waals surface area contributed by atoms with Gasteiger partial charge in [-0.15, -0.1) is 0 Å². The lowest BCUT2D eigenvalue weighted by molar-refractivity contribution is -0.115. The van der Waals surface area contributed by atoms with Crippen molar-refractivity contribution in [3.63, 3.8) is 0 Å². The number of unbranched alkanes of at least 4 members (excludes halogenated alkanes) is 2. The Bertz CT molecular complexity index is 1360. The third kappa shape index (κ3) is 8.21. The molecule has 0 aromatic heterocycles. The molecule has 2 aromatic rings. The van der Waals surface area contributed by atoms with E-state index in [1.807, 2.05) is 6.08 Å². The SMILES string of the molecule is C=C1C=C(C)C(C=CC(=O)CC2CCC(C)(C)c3ccccc32)=CC=C1Cc1ccc(C(CCC)CCCCC)cc1. The van der Waals surface area contributed by atoms with E-state index in [9.17, 15) is 4.79 Å². The largest absolute Gasteiger partial charge is 0.295 e. The van der Waals surface area contributed by atoms with Crippen molar-refractivity contribution in [2.24, 2.45) is 0 Å². The Hall–Kier alpha value is -3.19. The number of allylic oxidation sites excluding steroid dienone is 9. The summed E-state index contributed by atoms with van der Waals surface area (Å²) in [5.41, 5.74) is 10.2. The number of carbonyl (C=O) groups is 1. The molecule has 1 heteroatoms. The van der Waals surface area contributed by atoms with Gasteiger partial charge in [0.05, 0.1) is 0 Å². The highest BCUT2D eigenvalue weighted by molar-refractivity contribution is 5.91. The first-order valence-electron chi connectivity index (χ1n) is 16.4. The molecule has 0 bridgehead atoms. The molecule has 1 nitrogen and oxygen atoms in total. The zero-order valence-corrected chi connectivity index (χ0v) is 26.8. The van der Waals surface area contributed by atoms with Gasteiger partial charge in [-0.3, -0.25) is 4.79 Å². The summed E-state index contributed by atoms with van der Waals surface area (Å²) in [5.74, 6) is 1.18. The van der Waals surface area contributed by atoms with Gasteiger partial charge in [-0.25, -0.2) is 0 Å². The van der Waals surface area contributed by atoms with Gasteiger partial charge in [0, 0.05) is 6.42 Å². The normalized spacial score (nSPS) is 19.0. The molecule has 0 spiro atoms. The predicted octanol–water partition coefficient (Wildman–Crippen LogP) is 11.4. The van der Waals surface area contributed by atoms with Gasteiger partial charge in [-0.2, -0.15) is 0 Å². The van der Waals surface area contributed by atoms with Crippen LogP contribution in [0.5, 0.6) is 0 Å². The summed E-state index contributed by atoms with van der Waals surface area (Å²) in [6.07, 6.45) is 21.6.